The topological polar surface area (TPSA) is 64.3 Å². The van der Waals surface area contributed by atoms with E-state index in [0.29, 0.717) is 13.0 Å². The fraction of sp³-hybridized carbons (Fsp3) is 0.909. The second-order valence-electron chi connectivity index (χ2n) is 4.23. The molecule has 0 aromatic carbocycles. The third-order valence-electron chi connectivity index (χ3n) is 2.73. The van der Waals surface area contributed by atoms with E-state index in [1.165, 1.54) is 6.42 Å². The molecular formula is C11H22N2O2. The van der Waals surface area contributed by atoms with Gasteiger partial charge in [-0.2, -0.15) is 0 Å². The van der Waals surface area contributed by atoms with Crippen molar-refractivity contribution in [3.63, 3.8) is 0 Å². The van der Waals surface area contributed by atoms with E-state index in [2.05, 4.69) is 5.32 Å². The summed E-state index contributed by atoms with van der Waals surface area (Å²) < 4.78 is 5.55. The molecule has 3 N–H and O–H groups in total. The fourth-order valence-electron chi connectivity index (χ4n) is 1.73. The van der Waals surface area contributed by atoms with E-state index < -0.39 is 0 Å². The van der Waals surface area contributed by atoms with Gasteiger partial charge in [-0.25, -0.2) is 0 Å². The van der Waals surface area contributed by atoms with E-state index in [-0.39, 0.29) is 18.1 Å². The highest BCUT2D eigenvalue weighted by molar-refractivity contribution is 5.76. The number of ether oxygens (including phenoxy) is 1. The zero-order valence-corrected chi connectivity index (χ0v) is 9.50. The van der Waals surface area contributed by atoms with Gasteiger partial charge >= 0.3 is 0 Å². The first-order valence-corrected chi connectivity index (χ1v) is 5.83. The van der Waals surface area contributed by atoms with Gasteiger partial charge in [0.1, 0.15) is 0 Å². The predicted molar refractivity (Wildman–Crippen MR) is 59.5 cm³/mol. The second-order valence-corrected chi connectivity index (χ2v) is 4.23. The predicted octanol–water partition coefficient (Wildman–Crippen LogP) is 0.799. The molecule has 1 saturated heterocycles. The highest BCUT2D eigenvalue weighted by Gasteiger charge is 2.15. The Labute approximate surface area is 91.5 Å². The van der Waals surface area contributed by atoms with E-state index in [0.717, 1.165) is 25.9 Å². The Hall–Kier alpha value is -0.610. The zero-order valence-electron chi connectivity index (χ0n) is 9.50. The van der Waals surface area contributed by atoms with Crippen molar-refractivity contribution < 1.29 is 9.53 Å². The molecule has 1 unspecified atom stereocenters. The van der Waals surface area contributed by atoms with Gasteiger partial charge in [0.05, 0.1) is 6.10 Å². The lowest BCUT2D eigenvalue weighted by Gasteiger charge is -2.22. The standard InChI is InChI=1S/C11H22N2O2/c1-9(8-12)13-11(14)6-5-10-4-2-3-7-15-10/h9-10H,2-8,12H2,1H3,(H,13,14)/t9-,10?/m0/s1. The van der Waals surface area contributed by atoms with E-state index in [9.17, 15) is 4.79 Å². The summed E-state index contributed by atoms with van der Waals surface area (Å²) in [5, 5.41) is 2.85. The molecule has 1 rings (SSSR count). The molecule has 0 aromatic rings. The van der Waals surface area contributed by atoms with Crippen LogP contribution in [-0.2, 0) is 9.53 Å². The molecule has 15 heavy (non-hydrogen) atoms. The molecule has 1 aliphatic rings. The van der Waals surface area contributed by atoms with Crippen LogP contribution < -0.4 is 11.1 Å². The number of hydrogen-bond donors (Lipinski definition) is 2. The Morgan fingerprint density at radius 1 is 1.60 bits per heavy atom. The van der Waals surface area contributed by atoms with Crippen molar-refractivity contribution in [3.05, 3.63) is 0 Å². The molecule has 4 nitrogen and oxygen atoms in total. The Morgan fingerprint density at radius 3 is 3.00 bits per heavy atom. The van der Waals surface area contributed by atoms with Gasteiger partial charge in [0, 0.05) is 25.6 Å². The summed E-state index contributed by atoms with van der Waals surface area (Å²) in [6.45, 7) is 3.26. The van der Waals surface area contributed by atoms with Gasteiger partial charge in [-0.3, -0.25) is 4.79 Å². The van der Waals surface area contributed by atoms with Crippen LogP contribution in [0.1, 0.15) is 39.0 Å². The van der Waals surface area contributed by atoms with Gasteiger partial charge in [-0.1, -0.05) is 0 Å². The third kappa shape index (κ3) is 5.14. The minimum Gasteiger partial charge on any atom is -0.378 e. The van der Waals surface area contributed by atoms with Gasteiger partial charge in [-0.15, -0.1) is 0 Å². The molecule has 1 aliphatic heterocycles. The number of rotatable bonds is 5. The van der Waals surface area contributed by atoms with Crippen molar-refractivity contribution in [3.8, 4) is 0 Å². The number of carbonyl (C=O) groups excluding carboxylic acids is 1. The highest BCUT2D eigenvalue weighted by Crippen LogP contribution is 2.16. The smallest absolute Gasteiger partial charge is 0.220 e. The summed E-state index contributed by atoms with van der Waals surface area (Å²) in [5.41, 5.74) is 5.42. The first-order valence-electron chi connectivity index (χ1n) is 5.83. The molecular weight excluding hydrogens is 192 g/mol. The molecule has 0 radical (unpaired) electrons. The van der Waals surface area contributed by atoms with E-state index in [1.807, 2.05) is 6.92 Å². The lowest BCUT2D eigenvalue weighted by atomic mass is 10.0. The third-order valence-corrected chi connectivity index (χ3v) is 2.73. The number of hydrogen-bond acceptors (Lipinski definition) is 3. The van der Waals surface area contributed by atoms with Crippen molar-refractivity contribution in [2.45, 2.75) is 51.2 Å². The first-order chi connectivity index (χ1) is 7.22. The number of amides is 1. The molecule has 0 saturated carbocycles. The largest absolute Gasteiger partial charge is 0.378 e. The van der Waals surface area contributed by atoms with Crippen molar-refractivity contribution in [2.24, 2.45) is 5.73 Å². The van der Waals surface area contributed by atoms with Crippen LogP contribution in [0.5, 0.6) is 0 Å². The first kappa shape index (κ1) is 12.5. The molecule has 0 bridgehead atoms. The summed E-state index contributed by atoms with van der Waals surface area (Å²) in [6.07, 6.45) is 5.16. The second kappa shape index (κ2) is 6.80. The van der Waals surface area contributed by atoms with Gasteiger partial charge in [0.2, 0.25) is 5.91 Å². The van der Waals surface area contributed by atoms with E-state index >= 15 is 0 Å². The quantitative estimate of drug-likeness (QED) is 0.711. The minimum absolute atomic E-state index is 0.0739. The van der Waals surface area contributed by atoms with E-state index in [1.54, 1.807) is 0 Å². The summed E-state index contributed by atoms with van der Waals surface area (Å²) in [6, 6.07) is 0.0739. The number of nitrogens with one attached hydrogen (secondary N) is 1. The van der Waals surface area contributed by atoms with Crippen LogP contribution in [-0.4, -0.2) is 31.2 Å². The SMILES string of the molecule is C[C@@H](CN)NC(=O)CCC1CCCCO1. The Balaban J connectivity index is 2.10. The molecule has 0 spiro atoms. The summed E-state index contributed by atoms with van der Waals surface area (Å²) in [5.74, 6) is 0.0853. The normalized spacial score (nSPS) is 23.5. The van der Waals surface area contributed by atoms with Crippen molar-refractivity contribution >= 4 is 5.91 Å². The average molecular weight is 214 g/mol. The average Bonchev–Trinajstić information content (AvgIpc) is 2.27. The Kier molecular flexibility index (Phi) is 5.65. The maximum Gasteiger partial charge on any atom is 0.220 e. The van der Waals surface area contributed by atoms with Crippen molar-refractivity contribution in [2.75, 3.05) is 13.2 Å². The van der Waals surface area contributed by atoms with Crippen LogP contribution >= 0.6 is 0 Å². The fourth-order valence-corrected chi connectivity index (χ4v) is 1.73. The minimum atomic E-state index is 0.0739. The van der Waals surface area contributed by atoms with Crippen LogP contribution in [0.3, 0.4) is 0 Å². The Bertz CT molecular complexity index is 191. The Morgan fingerprint density at radius 2 is 2.40 bits per heavy atom. The van der Waals surface area contributed by atoms with Crippen LogP contribution in [0.25, 0.3) is 0 Å². The molecule has 0 aromatic heterocycles. The molecule has 1 amide bonds. The van der Waals surface area contributed by atoms with Gasteiger partial charge in [-0.05, 0) is 32.6 Å². The number of nitrogens with two attached hydrogens (primary N) is 1. The van der Waals surface area contributed by atoms with Gasteiger partial charge in [0.25, 0.3) is 0 Å². The van der Waals surface area contributed by atoms with Gasteiger partial charge < -0.3 is 15.8 Å². The van der Waals surface area contributed by atoms with Crippen LogP contribution in [0.2, 0.25) is 0 Å². The summed E-state index contributed by atoms with van der Waals surface area (Å²) in [4.78, 5) is 11.4. The lowest BCUT2D eigenvalue weighted by Crippen LogP contribution is -2.38. The van der Waals surface area contributed by atoms with Crippen LogP contribution in [0.15, 0.2) is 0 Å². The molecule has 88 valence electrons. The molecule has 4 heteroatoms. The molecule has 2 atom stereocenters. The van der Waals surface area contributed by atoms with Crippen LogP contribution in [0, 0.1) is 0 Å². The van der Waals surface area contributed by atoms with Crippen molar-refractivity contribution in [1.29, 1.82) is 0 Å². The van der Waals surface area contributed by atoms with E-state index in [4.69, 9.17) is 10.5 Å². The molecule has 1 heterocycles. The maximum atomic E-state index is 11.4. The monoisotopic (exact) mass is 214 g/mol. The summed E-state index contributed by atoms with van der Waals surface area (Å²) >= 11 is 0. The highest BCUT2D eigenvalue weighted by atomic mass is 16.5. The van der Waals surface area contributed by atoms with Crippen molar-refractivity contribution in [1.82, 2.24) is 5.32 Å². The maximum absolute atomic E-state index is 11.4. The molecule has 1 fully saturated rings. The molecule has 0 aliphatic carbocycles. The zero-order chi connectivity index (χ0) is 11.1. The number of carbonyl (C=O) groups is 1. The van der Waals surface area contributed by atoms with Gasteiger partial charge in [0.15, 0.2) is 0 Å². The summed E-state index contributed by atoms with van der Waals surface area (Å²) in [7, 11) is 0. The van der Waals surface area contributed by atoms with Crippen LogP contribution in [0.4, 0.5) is 0 Å². The lowest BCUT2D eigenvalue weighted by molar-refractivity contribution is -0.122.